The first-order valence-electron chi connectivity index (χ1n) is 6.38. The van der Waals surface area contributed by atoms with Crippen LogP contribution in [0.2, 0.25) is 0 Å². The molecule has 1 nitrogen and oxygen atoms in total. The highest BCUT2D eigenvalue weighted by Gasteiger charge is 2.38. The fourth-order valence-electron chi connectivity index (χ4n) is 3.08. The van der Waals surface area contributed by atoms with Crippen LogP contribution in [-0.4, -0.2) is 5.78 Å². The van der Waals surface area contributed by atoms with Gasteiger partial charge in [-0.2, -0.15) is 0 Å². The fraction of sp³-hybridized carbons (Fsp3) is 0.235. The summed E-state index contributed by atoms with van der Waals surface area (Å²) in [6, 6.07) is 8.42. The topological polar surface area (TPSA) is 17.1 Å². The summed E-state index contributed by atoms with van der Waals surface area (Å²) < 4.78 is 0. The summed E-state index contributed by atoms with van der Waals surface area (Å²) in [4.78, 5) is 11.4. The standard InChI is InChI=1S/C17H16O/c1-2-16-15-6-4-3-5-13(15)7-10-17(16)11-8-14(18)9-12-17/h2-8,10-11,16H,1,9,12H2. The van der Waals surface area contributed by atoms with Crippen molar-refractivity contribution >= 4 is 11.9 Å². The van der Waals surface area contributed by atoms with Gasteiger partial charge in [0, 0.05) is 17.8 Å². The van der Waals surface area contributed by atoms with Gasteiger partial charge in [0.05, 0.1) is 0 Å². The maximum Gasteiger partial charge on any atom is 0.155 e. The van der Waals surface area contributed by atoms with Crippen LogP contribution in [0.4, 0.5) is 0 Å². The molecule has 0 radical (unpaired) electrons. The lowest BCUT2D eigenvalue weighted by Crippen LogP contribution is -2.29. The van der Waals surface area contributed by atoms with Crippen molar-refractivity contribution in [3.05, 3.63) is 66.3 Å². The molecular formula is C17H16O. The minimum absolute atomic E-state index is 0.0516. The fourth-order valence-corrected chi connectivity index (χ4v) is 3.08. The quantitative estimate of drug-likeness (QED) is 0.676. The van der Waals surface area contributed by atoms with Crippen LogP contribution < -0.4 is 0 Å². The third-order valence-electron chi connectivity index (χ3n) is 4.10. The molecule has 2 unspecified atom stereocenters. The summed E-state index contributed by atoms with van der Waals surface area (Å²) in [5.41, 5.74) is 2.52. The van der Waals surface area contributed by atoms with Gasteiger partial charge < -0.3 is 0 Å². The predicted octanol–water partition coefficient (Wildman–Crippen LogP) is 3.89. The second-order valence-corrected chi connectivity index (χ2v) is 5.09. The van der Waals surface area contributed by atoms with E-state index in [1.165, 1.54) is 11.1 Å². The lowest BCUT2D eigenvalue weighted by atomic mass is 9.63. The third-order valence-corrected chi connectivity index (χ3v) is 4.10. The molecule has 0 N–H and O–H groups in total. The van der Waals surface area contributed by atoms with E-state index in [2.05, 4.69) is 49.1 Å². The number of carbonyl (C=O) groups excluding carboxylic acids is 1. The Bertz CT molecular complexity index is 565. The van der Waals surface area contributed by atoms with Gasteiger partial charge in [-0.15, -0.1) is 6.58 Å². The van der Waals surface area contributed by atoms with Gasteiger partial charge in [-0.05, 0) is 23.6 Å². The van der Waals surface area contributed by atoms with Crippen LogP contribution in [-0.2, 0) is 4.79 Å². The molecule has 2 atom stereocenters. The molecule has 0 fully saturated rings. The highest BCUT2D eigenvalue weighted by atomic mass is 16.1. The van der Waals surface area contributed by atoms with Gasteiger partial charge >= 0.3 is 0 Å². The number of ketones is 1. The van der Waals surface area contributed by atoms with Crippen molar-refractivity contribution in [3.63, 3.8) is 0 Å². The summed E-state index contributed by atoms with van der Waals surface area (Å²) in [7, 11) is 0. The van der Waals surface area contributed by atoms with E-state index in [0.717, 1.165) is 6.42 Å². The number of hydrogen-bond donors (Lipinski definition) is 0. The number of hydrogen-bond acceptors (Lipinski definition) is 1. The number of carbonyl (C=O) groups is 1. The highest BCUT2D eigenvalue weighted by Crippen LogP contribution is 2.49. The van der Waals surface area contributed by atoms with Crippen molar-refractivity contribution in [1.29, 1.82) is 0 Å². The molecular weight excluding hydrogens is 220 g/mol. The maximum atomic E-state index is 11.4. The SMILES string of the molecule is C=CC1c2ccccc2C=CC12C=CC(=O)CC2. The van der Waals surface area contributed by atoms with Crippen LogP contribution in [0.3, 0.4) is 0 Å². The average molecular weight is 236 g/mol. The van der Waals surface area contributed by atoms with Gasteiger partial charge in [-0.25, -0.2) is 0 Å². The van der Waals surface area contributed by atoms with Crippen molar-refractivity contribution in [2.75, 3.05) is 0 Å². The molecule has 18 heavy (non-hydrogen) atoms. The van der Waals surface area contributed by atoms with Crippen molar-refractivity contribution in [3.8, 4) is 0 Å². The van der Waals surface area contributed by atoms with E-state index in [1.54, 1.807) is 6.08 Å². The van der Waals surface area contributed by atoms with Crippen LogP contribution in [0.25, 0.3) is 6.08 Å². The lowest BCUT2D eigenvalue weighted by Gasteiger charge is -2.39. The molecule has 2 aliphatic rings. The Labute approximate surface area is 108 Å². The van der Waals surface area contributed by atoms with E-state index >= 15 is 0 Å². The van der Waals surface area contributed by atoms with E-state index in [1.807, 2.05) is 6.08 Å². The molecule has 1 aromatic rings. The van der Waals surface area contributed by atoms with Crippen LogP contribution in [0.1, 0.15) is 29.9 Å². The van der Waals surface area contributed by atoms with E-state index in [-0.39, 0.29) is 17.1 Å². The zero-order chi connectivity index (χ0) is 12.6. The Hall–Kier alpha value is -1.89. The number of rotatable bonds is 1. The van der Waals surface area contributed by atoms with Crippen LogP contribution in [0.5, 0.6) is 0 Å². The number of fused-ring (bicyclic) bond motifs is 1. The summed E-state index contributed by atoms with van der Waals surface area (Å²) >= 11 is 0. The molecule has 0 amide bonds. The molecule has 90 valence electrons. The number of benzene rings is 1. The minimum Gasteiger partial charge on any atom is -0.295 e. The lowest BCUT2D eigenvalue weighted by molar-refractivity contribution is -0.115. The molecule has 0 heterocycles. The normalized spacial score (nSPS) is 29.3. The molecule has 0 saturated heterocycles. The Morgan fingerprint density at radius 3 is 2.72 bits per heavy atom. The zero-order valence-electron chi connectivity index (χ0n) is 10.3. The average Bonchev–Trinajstić information content (AvgIpc) is 2.42. The Balaban J connectivity index is 2.12. The summed E-state index contributed by atoms with van der Waals surface area (Å²) in [6.07, 6.45) is 11.7. The maximum absolute atomic E-state index is 11.4. The summed E-state index contributed by atoms with van der Waals surface area (Å²) in [5, 5.41) is 0. The molecule has 0 aromatic heterocycles. The van der Waals surface area contributed by atoms with Gasteiger partial charge in [0.25, 0.3) is 0 Å². The first-order valence-corrected chi connectivity index (χ1v) is 6.38. The van der Waals surface area contributed by atoms with Gasteiger partial charge in [-0.1, -0.05) is 48.6 Å². The molecule has 3 rings (SSSR count). The van der Waals surface area contributed by atoms with E-state index in [0.29, 0.717) is 6.42 Å². The van der Waals surface area contributed by atoms with Gasteiger partial charge in [-0.3, -0.25) is 4.79 Å². The van der Waals surface area contributed by atoms with E-state index in [9.17, 15) is 4.79 Å². The van der Waals surface area contributed by atoms with Gasteiger partial charge in [0.2, 0.25) is 0 Å². The van der Waals surface area contributed by atoms with Gasteiger partial charge in [0.1, 0.15) is 0 Å². The van der Waals surface area contributed by atoms with Crippen molar-refractivity contribution in [2.24, 2.45) is 5.41 Å². The third kappa shape index (κ3) is 1.59. The molecule has 1 spiro atoms. The van der Waals surface area contributed by atoms with Crippen molar-refractivity contribution in [1.82, 2.24) is 0 Å². The highest BCUT2D eigenvalue weighted by molar-refractivity contribution is 5.91. The Morgan fingerprint density at radius 1 is 1.22 bits per heavy atom. The smallest absolute Gasteiger partial charge is 0.155 e. The molecule has 2 aliphatic carbocycles. The molecule has 0 aliphatic heterocycles. The zero-order valence-corrected chi connectivity index (χ0v) is 10.3. The van der Waals surface area contributed by atoms with Crippen LogP contribution in [0.15, 0.2) is 55.1 Å². The molecule has 0 saturated carbocycles. The molecule has 1 aromatic carbocycles. The second-order valence-electron chi connectivity index (χ2n) is 5.09. The largest absolute Gasteiger partial charge is 0.295 e. The summed E-state index contributed by atoms with van der Waals surface area (Å²) in [5.74, 6) is 0.499. The molecule has 1 heteroatoms. The van der Waals surface area contributed by atoms with Crippen LogP contribution >= 0.6 is 0 Å². The number of allylic oxidation sites excluding steroid dienone is 4. The van der Waals surface area contributed by atoms with Crippen molar-refractivity contribution < 1.29 is 4.79 Å². The van der Waals surface area contributed by atoms with E-state index in [4.69, 9.17) is 0 Å². The predicted molar refractivity (Wildman–Crippen MR) is 74.2 cm³/mol. The Kier molecular flexibility index (Phi) is 2.55. The van der Waals surface area contributed by atoms with Crippen LogP contribution in [0, 0.1) is 5.41 Å². The first-order chi connectivity index (χ1) is 8.75. The molecule has 0 bridgehead atoms. The van der Waals surface area contributed by atoms with Crippen molar-refractivity contribution in [2.45, 2.75) is 18.8 Å². The monoisotopic (exact) mass is 236 g/mol. The second kappa shape index (κ2) is 4.09. The van der Waals surface area contributed by atoms with Gasteiger partial charge in [0.15, 0.2) is 5.78 Å². The summed E-state index contributed by atoms with van der Waals surface area (Å²) in [6.45, 7) is 4.00. The first kappa shape index (κ1) is 11.2. The van der Waals surface area contributed by atoms with E-state index < -0.39 is 0 Å². The Morgan fingerprint density at radius 2 is 2.00 bits per heavy atom. The minimum atomic E-state index is -0.0516.